The van der Waals surface area contributed by atoms with Crippen molar-refractivity contribution < 1.29 is 5.11 Å². The van der Waals surface area contributed by atoms with Gasteiger partial charge >= 0.3 is 0 Å². The van der Waals surface area contributed by atoms with Crippen molar-refractivity contribution in [1.29, 1.82) is 0 Å². The Kier molecular flexibility index (Phi) is 2.98. The molecule has 1 atom stereocenters. The summed E-state index contributed by atoms with van der Waals surface area (Å²) in [6.45, 7) is 3.51. The number of rotatable bonds is 2. The molecule has 1 N–H and O–H groups in total. The van der Waals surface area contributed by atoms with Crippen molar-refractivity contribution in [1.82, 2.24) is 14.8 Å². The zero-order valence-corrected chi connectivity index (χ0v) is 11.2. The number of benzene rings is 1. The Morgan fingerprint density at radius 3 is 2.84 bits per heavy atom. The van der Waals surface area contributed by atoms with E-state index < -0.39 is 0 Å². The van der Waals surface area contributed by atoms with E-state index in [1.54, 1.807) is 0 Å². The molecule has 0 saturated carbocycles. The number of fused-ring (bicyclic) bond motifs is 1. The molecule has 100 valence electrons. The van der Waals surface area contributed by atoms with Gasteiger partial charge in [0.1, 0.15) is 5.82 Å². The van der Waals surface area contributed by atoms with Crippen molar-refractivity contribution >= 4 is 5.69 Å². The summed E-state index contributed by atoms with van der Waals surface area (Å²) < 4.78 is 2.01. The molecular weight excluding hydrogens is 240 g/mol. The molecular formula is C14H18N4O. The lowest BCUT2D eigenvalue weighted by molar-refractivity contribution is 0.164. The molecule has 1 aliphatic rings. The quantitative estimate of drug-likeness (QED) is 0.888. The third kappa shape index (κ3) is 2.10. The first-order valence-corrected chi connectivity index (χ1v) is 6.53. The van der Waals surface area contributed by atoms with E-state index in [4.69, 9.17) is 0 Å². The third-order valence-corrected chi connectivity index (χ3v) is 3.82. The van der Waals surface area contributed by atoms with Crippen molar-refractivity contribution in [3.05, 3.63) is 41.5 Å². The molecule has 0 bridgehead atoms. The van der Waals surface area contributed by atoms with Crippen molar-refractivity contribution in [2.45, 2.75) is 26.0 Å². The molecule has 0 radical (unpaired) electrons. The summed E-state index contributed by atoms with van der Waals surface area (Å²) in [6, 6.07) is 8.03. The second kappa shape index (κ2) is 4.66. The predicted molar refractivity (Wildman–Crippen MR) is 72.8 cm³/mol. The van der Waals surface area contributed by atoms with E-state index in [0.29, 0.717) is 0 Å². The summed E-state index contributed by atoms with van der Waals surface area (Å²) >= 11 is 0. The van der Waals surface area contributed by atoms with Crippen LogP contribution in [0, 0.1) is 6.92 Å². The minimum absolute atomic E-state index is 0.353. The van der Waals surface area contributed by atoms with Gasteiger partial charge in [-0.3, -0.25) is 0 Å². The number of hydrogen-bond acceptors (Lipinski definition) is 4. The Balaban J connectivity index is 1.91. The van der Waals surface area contributed by atoms with E-state index >= 15 is 0 Å². The van der Waals surface area contributed by atoms with Gasteiger partial charge in [0.25, 0.3) is 0 Å². The first-order valence-electron chi connectivity index (χ1n) is 6.53. The molecule has 0 saturated heterocycles. The van der Waals surface area contributed by atoms with Crippen LogP contribution in [0.5, 0.6) is 0 Å². The topological polar surface area (TPSA) is 54.2 Å². The summed E-state index contributed by atoms with van der Waals surface area (Å²) in [5, 5.41) is 18.3. The van der Waals surface area contributed by atoms with Gasteiger partial charge in [0.05, 0.1) is 12.6 Å². The maximum atomic E-state index is 10.0. The van der Waals surface area contributed by atoms with Crippen LogP contribution in [0.15, 0.2) is 24.3 Å². The number of aromatic nitrogens is 3. The summed E-state index contributed by atoms with van der Waals surface area (Å²) in [7, 11) is 1.98. The van der Waals surface area contributed by atoms with Gasteiger partial charge in [-0.1, -0.05) is 18.2 Å². The zero-order chi connectivity index (χ0) is 13.4. The van der Waals surface area contributed by atoms with Gasteiger partial charge in [-0.15, -0.1) is 10.2 Å². The molecule has 3 rings (SSSR count). The maximum absolute atomic E-state index is 10.0. The number of aliphatic hydroxyl groups is 1. The van der Waals surface area contributed by atoms with Crippen LogP contribution >= 0.6 is 0 Å². The molecule has 0 fully saturated rings. The van der Waals surface area contributed by atoms with E-state index in [2.05, 4.69) is 21.2 Å². The van der Waals surface area contributed by atoms with Gasteiger partial charge in [-0.25, -0.2) is 0 Å². The summed E-state index contributed by atoms with van der Waals surface area (Å²) in [4.78, 5) is 2.26. The Morgan fingerprint density at radius 1 is 1.32 bits per heavy atom. The minimum atomic E-state index is -0.353. The van der Waals surface area contributed by atoms with E-state index in [9.17, 15) is 5.11 Å². The van der Waals surface area contributed by atoms with Crippen LogP contribution in [0.2, 0.25) is 0 Å². The SMILES string of the molecule is Cc1nnc(CN2CCC(O)c3ccccc32)n1C. The molecule has 1 aromatic heterocycles. The zero-order valence-electron chi connectivity index (χ0n) is 11.2. The molecule has 0 amide bonds. The largest absolute Gasteiger partial charge is 0.388 e. The average Bonchev–Trinajstić information content (AvgIpc) is 2.74. The van der Waals surface area contributed by atoms with Crippen molar-refractivity contribution in [3.8, 4) is 0 Å². The summed E-state index contributed by atoms with van der Waals surface area (Å²) in [5.41, 5.74) is 2.11. The molecule has 19 heavy (non-hydrogen) atoms. The average molecular weight is 258 g/mol. The second-order valence-electron chi connectivity index (χ2n) is 5.01. The third-order valence-electron chi connectivity index (χ3n) is 3.82. The molecule has 1 unspecified atom stereocenters. The lowest BCUT2D eigenvalue weighted by Crippen LogP contribution is -2.31. The first kappa shape index (κ1) is 12.2. The fourth-order valence-electron chi connectivity index (χ4n) is 2.54. The monoisotopic (exact) mass is 258 g/mol. The summed E-state index contributed by atoms with van der Waals surface area (Å²) in [5.74, 6) is 1.86. The highest BCUT2D eigenvalue weighted by Gasteiger charge is 2.24. The molecule has 2 heterocycles. The molecule has 0 aliphatic carbocycles. The first-order chi connectivity index (χ1) is 9.16. The number of anilines is 1. The van der Waals surface area contributed by atoms with Crippen molar-refractivity contribution in [2.24, 2.45) is 7.05 Å². The van der Waals surface area contributed by atoms with Gasteiger partial charge in [0.15, 0.2) is 5.82 Å². The van der Waals surface area contributed by atoms with Crippen LogP contribution in [0.4, 0.5) is 5.69 Å². The van der Waals surface area contributed by atoms with Crippen LogP contribution in [0.3, 0.4) is 0 Å². The van der Waals surface area contributed by atoms with Gasteiger partial charge in [0, 0.05) is 24.8 Å². The molecule has 5 heteroatoms. The second-order valence-corrected chi connectivity index (χ2v) is 5.01. The van der Waals surface area contributed by atoms with Gasteiger partial charge in [0.2, 0.25) is 0 Å². The Hall–Kier alpha value is -1.88. The highest BCUT2D eigenvalue weighted by molar-refractivity contribution is 5.56. The normalized spacial score (nSPS) is 18.5. The minimum Gasteiger partial charge on any atom is -0.388 e. The van der Waals surface area contributed by atoms with Gasteiger partial charge in [-0.05, 0) is 19.4 Å². The Morgan fingerprint density at radius 2 is 2.11 bits per heavy atom. The highest BCUT2D eigenvalue weighted by atomic mass is 16.3. The Labute approximate surface area is 112 Å². The van der Waals surface area contributed by atoms with Crippen LogP contribution in [0.25, 0.3) is 0 Å². The number of aryl methyl sites for hydroxylation is 1. The lowest BCUT2D eigenvalue weighted by atomic mass is 9.99. The van der Waals surface area contributed by atoms with Gasteiger partial charge < -0.3 is 14.6 Å². The highest BCUT2D eigenvalue weighted by Crippen LogP contribution is 2.33. The van der Waals surface area contributed by atoms with E-state index in [1.165, 1.54) is 0 Å². The molecule has 5 nitrogen and oxygen atoms in total. The Bertz CT molecular complexity index is 593. The number of hydrogen-bond donors (Lipinski definition) is 1. The fraction of sp³-hybridized carbons (Fsp3) is 0.429. The number of para-hydroxylation sites is 1. The standard InChI is InChI=1S/C14H18N4O/c1-10-15-16-14(17(10)2)9-18-8-7-13(19)11-5-3-4-6-12(11)18/h3-6,13,19H,7-9H2,1-2H3. The number of nitrogens with zero attached hydrogens (tertiary/aromatic N) is 4. The smallest absolute Gasteiger partial charge is 0.152 e. The lowest BCUT2D eigenvalue weighted by Gasteiger charge is -2.33. The van der Waals surface area contributed by atoms with E-state index in [-0.39, 0.29) is 6.10 Å². The van der Waals surface area contributed by atoms with Crippen LogP contribution in [-0.4, -0.2) is 26.4 Å². The maximum Gasteiger partial charge on any atom is 0.152 e. The van der Waals surface area contributed by atoms with Crippen molar-refractivity contribution in [3.63, 3.8) is 0 Å². The van der Waals surface area contributed by atoms with Crippen LogP contribution < -0.4 is 4.90 Å². The van der Waals surface area contributed by atoms with E-state index in [0.717, 1.165) is 42.4 Å². The predicted octanol–water partition coefficient (Wildman–Crippen LogP) is 1.57. The molecule has 2 aromatic rings. The van der Waals surface area contributed by atoms with E-state index in [1.807, 2.05) is 36.7 Å². The molecule has 1 aliphatic heterocycles. The fourth-order valence-corrected chi connectivity index (χ4v) is 2.54. The number of aliphatic hydroxyl groups excluding tert-OH is 1. The molecule has 1 aromatic carbocycles. The summed E-state index contributed by atoms with van der Waals surface area (Å²) in [6.07, 6.45) is 0.405. The van der Waals surface area contributed by atoms with Gasteiger partial charge in [-0.2, -0.15) is 0 Å². The van der Waals surface area contributed by atoms with Crippen LogP contribution in [-0.2, 0) is 13.6 Å². The van der Waals surface area contributed by atoms with Crippen molar-refractivity contribution in [2.75, 3.05) is 11.4 Å². The molecule has 0 spiro atoms. The van der Waals surface area contributed by atoms with Crippen LogP contribution in [0.1, 0.15) is 29.7 Å².